The van der Waals surface area contributed by atoms with E-state index in [9.17, 15) is 5.11 Å². The number of benzene rings is 1. The highest BCUT2D eigenvalue weighted by Crippen LogP contribution is 2.25. The van der Waals surface area contributed by atoms with Crippen molar-refractivity contribution in [1.29, 1.82) is 0 Å². The summed E-state index contributed by atoms with van der Waals surface area (Å²) in [6, 6.07) is 12.0. The first kappa shape index (κ1) is 22.6. The maximum Gasteiger partial charge on any atom is 0.191 e. The molecule has 2 heterocycles. The van der Waals surface area contributed by atoms with Gasteiger partial charge in [-0.15, -0.1) is 35.3 Å². The standard InChI is InChI=1S/C20H27N5OS.HI/c1-4-21-19(23-14-20(3,26)18-10-7-13-27-18)22-11-12-25-15(2)24-16-8-5-6-9-17(16)25;/h5-10,13,26H,4,11-12,14H2,1-3H3,(H2,21,22,23);1H. The van der Waals surface area contributed by atoms with E-state index in [-0.39, 0.29) is 24.0 Å². The summed E-state index contributed by atoms with van der Waals surface area (Å²) in [4.78, 5) is 10.1. The summed E-state index contributed by atoms with van der Waals surface area (Å²) < 4.78 is 2.20. The number of halogens is 1. The normalized spacial score (nSPS) is 13.8. The number of hydrogen-bond donors (Lipinski definition) is 3. The Balaban J connectivity index is 0.00000280. The van der Waals surface area contributed by atoms with Crippen molar-refractivity contribution in [2.75, 3.05) is 19.6 Å². The molecule has 1 unspecified atom stereocenters. The third kappa shape index (κ3) is 5.45. The first-order valence-corrected chi connectivity index (χ1v) is 10.1. The molecule has 0 saturated carbocycles. The van der Waals surface area contributed by atoms with Crippen molar-refractivity contribution in [3.8, 4) is 0 Å². The molecule has 3 N–H and O–H groups in total. The molecule has 1 aromatic carbocycles. The third-order valence-electron chi connectivity index (χ3n) is 4.41. The summed E-state index contributed by atoms with van der Waals surface area (Å²) >= 11 is 1.54. The molecule has 8 heteroatoms. The zero-order valence-corrected chi connectivity index (χ0v) is 19.6. The fourth-order valence-corrected chi connectivity index (χ4v) is 3.78. The number of thiophene rings is 1. The number of para-hydroxylation sites is 2. The first-order chi connectivity index (χ1) is 13.0. The van der Waals surface area contributed by atoms with Crippen molar-refractivity contribution >= 4 is 52.3 Å². The molecule has 0 fully saturated rings. The van der Waals surface area contributed by atoms with Gasteiger partial charge in [-0.2, -0.15) is 0 Å². The molecule has 0 aliphatic rings. The van der Waals surface area contributed by atoms with Gasteiger partial charge in [-0.3, -0.25) is 0 Å². The van der Waals surface area contributed by atoms with Gasteiger partial charge in [0.1, 0.15) is 11.4 Å². The number of aliphatic hydroxyl groups is 1. The second kappa shape index (κ2) is 10.2. The van der Waals surface area contributed by atoms with Gasteiger partial charge in [0, 0.05) is 24.5 Å². The van der Waals surface area contributed by atoms with Crippen molar-refractivity contribution in [1.82, 2.24) is 20.2 Å². The Labute approximate surface area is 187 Å². The molecule has 28 heavy (non-hydrogen) atoms. The lowest BCUT2D eigenvalue weighted by Gasteiger charge is -2.20. The summed E-state index contributed by atoms with van der Waals surface area (Å²) in [7, 11) is 0. The van der Waals surface area contributed by atoms with Crippen LogP contribution in [0.2, 0.25) is 0 Å². The van der Waals surface area contributed by atoms with Crippen LogP contribution in [-0.4, -0.2) is 40.3 Å². The van der Waals surface area contributed by atoms with Gasteiger partial charge in [-0.05, 0) is 44.4 Å². The van der Waals surface area contributed by atoms with Gasteiger partial charge in [0.15, 0.2) is 5.96 Å². The predicted octanol–water partition coefficient (Wildman–Crippen LogP) is 3.49. The molecule has 1 atom stereocenters. The second-order valence-corrected chi connectivity index (χ2v) is 7.62. The van der Waals surface area contributed by atoms with Gasteiger partial charge in [-0.25, -0.2) is 9.98 Å². The molecule has 0 spiro atoms. The molecule has 0 aliphatic carbocycles. The van der Waals surface area contributed by atoms with Gasteiger partial charge < -0.3 is 20.3 Å². The number of imidazole rings is 1. The Morgan fingerprint density at radius 2 is 2.04 bits per heavy atom. The monoisotopic (exact) mass is 513 g/mol. The van der Waals surface area contributed by atoms with E-state index in [1.807, 2.05) is 49.6 Å². The maximum atomic E-state index is 10.7. The Morgan fingerprint density at radius 3 is 2.75 bits per heavy atom. The van der Waals surface area contributed by atoms with Crippen molar-refractivity contribution in [3.63, 3.8) is 0 Å². The van der Waals surface area contributed by atoms with E-state index in [4.69, 9.17) is 0 Å². The van der Waals surface area contributed by atoms with Crippen molar-refractivity contribution in [2.45, 2.75) is 32.9 Å². The molecule has 6 nitrogen and oxygen atoms in total. The molecule has 2 aromatic heterocycles. The van der Waals surface area contributed by atoms with Crippen LogP contribution in [0.4, 0.5) is 0 Å². The van der Waals surface area contributed by atoms with E-state index in [1.165, 1.54) is 0 Å². The van der Waals surface area contributed by atoms with Crippen LogP contribution in [0.3, 0.4) is 0 Å². The lowest BCUT2D eigenvalue weighted by Crippen LogP contribution is -2.40. The van der Waals surface area contributed by atoms with E-state index in [0.717, 1.165) is 34.8 Å². The van der Waals surface area contributed by atoms with Crippen molar-refractivity contribution < 1.29 is 5.11 Å². The largest absolute Gasteiger partial charge is 0.383 e. The number of nitrogens with one attached hydrogen (secondary N) is 2. The summed E-state index contributed by atoms with van der Waals surface area (Å²) in [6.07, 6.45) is 0. The minimum Gasteiger partial charge on any atom is -0.383 e. The number of nitrogens with zero attached hydrogens (tertiary/aromatic N) is 3. The van der Waals surface area contributed by atoms with Gasteiger partial charge in [0.05, 0.1) is 17.6 Å². The minimum atomic E-state index is -0.965. The third-order valence-corrected chi connectivity index (χ3v) is 5.54. The number of aliphatic imine (C=N–C) groups is 1. The highest BCUT2D eigenvalue weighted by atomic mass is 127. The van der Waals surface area contributed by atoms with Gasteiger partial charge >= 0.3 is 0 Å². The predicted molar refractivity (Wildman–Crippen MR) is 128 cm³/mol. The highest BCUT2D eigenvalue weighted by molar-refractivity contribution is 14.0. The fraction of sp³-hybridized carbons (Fsp3) is 0.400. The lowest BCUT2D eigenvalue weighted by atomic mass is 10.1. The molecule has 152 valence electrons. The average Bonchev–Trinajstić information content (AvgIpc) is 3.29. The maximum absolute atomic E-state index is 10.7. The number of fused-ring (bicyclic) bond motifs is 1. The van der Waals surface area contributed by atoms with Crippen LogP contribution < -0.4 is 10.6 Å². The van der Waals surface area contributed by atoms with E-state index >= 15 is 0 Å². The molecule has 0 aliphatic heterocycles. The average molecular weight is 513 g/mol. The molecular weight excluding hydrogens is 485 g/mol. The van der Waals surface area contributed by atoms with Crippen molar-refractivity contribution in [2.24, 2.45) is 4.99 Å². The van der Waals surface area contributed by atoms with E-state index in [0.29, 0.717) is 19.0 Å². The number of aromatic nitrogens is 2. The second-order valence-electron chi connectivity index (χ2n) is 6.67. The summed E-state index contributed by atoms with van der Waals surface area (Å²) in [5.41, 5.74) is 1.19. The summed E-state index contributed by atoms with van der Waals surface area (Å²) in [5.74, 6) is 1.71. The highest BCUT2D eigenvalue weighted by Gasteiger charge is 2.24. The molecule has 0 saturated heterocycles. The number of aryl methyl sites for hydroxylation is 1. The smallest absolute Gasteiger partial charge is 0.191 e. The zero-order valence-electron chi connectivity index (χ0n) is 16.5. The van der Waals surface area contributed by atoms with Crippen LogP contribution in [0.1, 0.15) is 24.5 Å². The molecule has 3 aromatic rings. The Morgan fingerprint density at radius 1 is 1.25 bits per heavy atom. The lowest BCUT2D eigenvalue weighted by molar-refractivity contribution is 0.0711. The number of rotatable bonds is 7. The van der Waals surface area contributed by atoms with Crippen LogP contribution in [0.5, 0.6) is 0 Å². The first-order valence-electron chi connectivity index (χ1n) is 9.21. The van der Waals surface area contributed by atoms with Crippen LogP contribution in [0.25, 0.3) is 11.0 Å². The van der Waals surface area contributed by atoms with Gasteiger partial charge in [-0.1, -0.05) is 18.2 Å². The van der Waals surface area contributed by atoms with Crippen molar-refractivity contribution in [3.05, 3.63) is 52.5 Å². The van der Waals surface area contributed by atoms with Crippen LogP contribution in [0.15, 0.2) is 46.8 Å². The Kier molecular flexibility index (Phi) is 8.26. The molecule has 0 amide bonds. The van der Waals surface area contributed by atoms with Gasteiger partial charge in [0.25, 0.3) is 0 Å². The number of hydrogen-bond acceptors (Lipinski definition) is 4. The molecule has 0 radical (unpaired) electrons. The topological polar surface area (TPSA) is 74.5 Å². The Bertz CT molecular complexity index is 905. The minimum absolute atomic E-state index is 0. The zero-order chi connectivity index (χ0) is 19.3. The summed E-state index contributed by atoms with van der Waals surface area (Å²) in [5, 5.41) is 19.2. The number of guanidine groups is 1. The quantitative estimate of drug-likeness (QED) is 0.257. The van der Waals surface area contributed by atoms with E-state index in [1.54, 1.807) is 18.3 Å². The van der Waals surface area contributed by atoms with E-state index < -0.39 is 5.60 Å². The summed E-state index contributed by atoms with van der Waals surface area (Å²) in [6.45, 7) is 8.43. The molecule has 0 bridgehead atoms. The molecular formula is C20H28IN5OS. The van der Waals surface area contributed by atoms with Crippen LogP contribution in [-0.2, 0) is 12.1 Å². The Hall–Kier alpha value is -1.65. The molecule has 3 rings (SSSR count). The van der Waals surface area contributed by atoms with Crippen LogP contribution in [0, 0.1) is 6.92 Å². The SMILES string of the molecule is CCNC(=NCC(C)(O)c1cccs1)NCCn1c(C)nc2ccccc21.I. The fourth-order valence-electron chi connectivity index (χ4n) is 3.00. The van der Waals surface area contributed by atoms with Gasteiger partial charge in [0.2, 0.25) is 0 Å². The van der Waals surface area contributed by atoms with Crippen LogP contribution >= 0.6 is 35.3 Å². The van der Waals surface area contributed by atoms with E-state index in [2.05, 4.69) is 31.2 Å².